The van der Waals surface area contributed by atoms with Gasteiger partial charge in [0.15, 0.2) is 5.82 Å². The Kier molecular flexibility index (Phi) is 5.69. The fourth-order valence-electron chi connectivity index (χ4n) is 6.68. The lowest BCUT2D eigenvalue weighted by Gasteiger charge is -2.41. The summed E-state index contributed by atoms with van der Waals surface area (Å²) in [5.74, 6) is 0.890. The molecule has 4 atom stereocenters. The van der Waals surface area contributed by atoms with Crippen LogP contribution in [0.15, 0.2) is 24.3 Å². The van der Waals surface area contributed by atoms with Gasteiger partial charge in [0.2, 0.25) is 11.8 Å². The number of pyridine rings is 1. The Balaban J connectivity index is 1.19. The zero-order chi connectivity index (χ0) is 26.0. The van der Waals surface area contributed by atoms with Gasteiger partial charge >= 0.3 is 0 Å². The average Bonchev–Trinajstić information content (AvgIpc) is 3.43. The molecule has 2 amide bonds. The first-order valence-corrected chi connectivity index (χ1v) is 13.3. The number of likely N-dealkylation sites (tertiary alicyclic amines) is 1. The van der Waals surface area contributed by atoms with Crippen LogP contribution in [-0.4, -0.2) is 74.2 Å². The first-order chi connectivity index (χ1) is 18.4. The number of nitrogens with zero attached hydrogens (tertiary/aromatic N) is 4. The molecule has 3 saturated heterocycles. The number of fused-ring (bicyclic) bond motifs is 4. The molecule has 0 saturated carbocycles. The summed E-state index contributed by atoms with van der Waals surface area (Å²) in [6, 6.07) is 7.44. The van der Waals surface area contributed by atoms with Gasteiger partial charge in [0.25, 0.3) is 0 Å². The van der Waals surface area contributed by atoms with E-state index in [1.165, 1.54) is 6.42 Å². The van der Waals surface area contributed by atoms with Crippen molar-refractivity contribution in [2.45, 2.75) is 44.6 Å². The van der Waals surface area contributed by atoms with E-state index in [9.17, 15) is 14.7 Å². The van der Waals surface area contributed by atoms with Gasteiger partial charge in [0, 0.05) is 38.2 Å². The molecule has 7 rings (SSSR count). The van der Waals surface area contributed by atoms with Crippen LogP contribution in [0.25, 0.3) is 22.3 Å². The first-order valence-electron chi connectivity index (χ1n) is 13.3. The monoisotopic (exact) mass is 517 g/mol. The molecule has 2 aromatic heterocycles. The third-order valence-electron chi connectivity index (χ3n) is 8.43. The number of H-pyrrole nitrogens is 1. The second-order valence-corrected chi connectivity index (χ2v) is 11.1. The summed E-state index contributed by atoms with van der Waals surface area (Å²) in [5.41, 5.74) is 12.2. The standard InChI is InChI=1S/C27H31N7O4/c28-25-24-23(31-32-25)18(10-33-8-14-5-15(9-33)13-38-12-14)7-20(29-24)16-1-2-19-17(6-16)11-34(27(19)37)21-3-4-22(35)30-26(21)36/h1-2,6-7,14-15,21,27,37H,3-5,8-13H2,(H3,28,31,32)(H,30,35,36). The zero-order valence-corrected chi connectivity index (χ0v) is 21.0. The molecule has 0 aliphatic carbocycles. The molecular formula is C27H31N7O4. The van der Waals surface area contributed by atoms with Crippen LogP contribution in [0, 0.1) is 11.8 Å². The van der Waals surface area contributed by atoms with E-state index in [1.807, 2.05) is 18.2 Å². The number of aliphatic hydroxyl groups is 1. The van der Waals surface area contributed by atoms with Gasteiger partial charge in [0.05, 0.1) is 30.5 Å². The van der Waals surface area contributed by atoms with Crippen LogP contribution in [0.3, 0.4) is 0 Å². The van der Waals surface area contributed by atoms with Crippen molar-refractivity contribution in [3.05, 3.63) is 41.0 Å². The van der Waals surface area contributed by atoms with Crippen molar-refractivity contribution in [1.82, 2.24) is 30.3 Å². The minimum Gasteiger partial charge on any atom is -0.381 e. The van der Waals surface area contributed by atoms with E-state index < -0.39 is 12.3 Å². The maximum atomic E-state index is 12.4. The molecule has 6 heterocycles. The maximum Gasteiger partial charge on any atom is 0.244 e. The molecule has 4 unspecified atom stereocenters. The van der Waals surface area contributed by atoms with Gasteiger partial charge in [-0.05, 0) is 53.5 Å². The van der Waals surface area contributed by atoms with Crippen molar-refractivity contribution in [3.8, 4) is 11.3 Å². The van der Waals surface area contributed by atoms with E-state index >= 15 is 0 Å². The Morgan fingerprint density at radius 3 is 2.76 bits per heavy atom. The van der Waals surface area contributed by atoms with Gasteiger partial charge in [-0.15, -0.1) is 0 Å². The maximum absolute atomic E-state index is 12.4. The van der Waals surface area contributed by atoms with Crippen LogP contribution in [0.2, 0.25) is 0 Å². The molecule has 38 heavy (non-hydrogen) atoms. The number of amides is 2. The summed E-state index contributed by atoms with van der Waals surface area (Å²) in [6.07, 6.45) is 1.00. The molecule has 11 nitrogen and oxygen atoms in total. The van der Waals surface area contributed by atoms with E-state index in [0.29, 0.717) is 36.1 Å². The Bertz CT molecular complexity index is 1430. The van der Waals surface area contributed by atoms with Crippen LogP contribution < -0.4 is 11.1 Å². The third-order valence-corrected chi connectivity index (χ3v) is 8.43. The van der Waals surface area contributed by atoms with Gasteiger partial charge in [-0.3, -0.25) is 29.8 Å². The number of ether oxygens (including phenoxy) is 1. The van der Waals surface area contributed by atoms with Crippen molar-refractivity contribution < 1.29 is 19.4 Å². The minimum atomic E-state index is -0.902. The number of anilines is 1. The van der Waals surface area contributed by atoms with Gasteiger partial charge in [0.1, 0.15) is 11.7 Å². The Morgan fingerprint density at radius 1 is 1.16 bits per heavy atom. The fraction of sp³-hybridized carbons (Fsp3) is 0.481. The molecule has 198 valence electrons. The Hall–Kier alpha value is -3.38. The number of nitrogen functional groups attached to an aromatic ring is 1. The lowest BCUT2D eigenvalue weighted by atomic mass is 9.88. The molecule has 0 radical (unpaired) electrons. The molecule has 4 aliphatic rings. The second kappa shape index (κ2) is 9.12. The predicted molar refractivity (Wildman–Crippen MR) is 138 cm³/mol. The highest BCUT2D eigenvalue weighted by atomic mass is 16.5. The first kappa shape index (κ1) is 23.7. The van der Waals surface area contributed by atoms with Crippen molar-refractivity contribution in [2.75, 3.05) is 32.0 Å². The molecule has 2 bridgehead atoms. The highest BCUT2D eigenvalue weighted by Crippen LogP contribution is 2.38. The number of aromatic amines is 1. The largest absolute Gasteiger partial charge is 0.381 e. The zero-order valence-electron chi connectivity index (χ0n) is 21.0. The number of nitrogens with two attached hydrogens (primary N) is 1. The lowest BCUT2D eigenvalue weighted by molar-refractivity contribution is -0.141. The number of rotatable bonds is 4. The van der Waals surface area contributed by atoms with Crippen molar-refractivity contribution in [2.24, 2.45) is 11.8 Å². The van der Waals surface area contributed by atoms with Crippen LogP contribution >= 0.6 is 0 Å². The molecule has 3 aromatic rings. The van der Waals surface area contributed by atoms with E-state index in [0.717, 1.165) is 66.3 Å². The van der Waals surface area contributed by atoms with E-state index in [4.69, 9.17) is 15.5 Å². The summed E-state index contributed by atoms with van der Waals surface area (Å²) in [7, 11) is 0. The van der Waals surface area contributed by atoms with E-state index in [-0.39, 0.29) is 18.2 Å². The highest BCUT2D eigenvalue weighted by molar-refractivity contribution is 6.00. The van der Waals surface area contributed by atoms with Crippen molar-refractivity contribution in [1.29, 1.82) is 0 Å². The SMILES string of the molecule is Nc1n[nH]c2c(CN3CC4COCC(C4)C3)cc(-c3ccc4c(c3)CN(C3CCC(=O)NC3=O)C4O)nc12. The molecule has 5 N–H and O–H groups in total. The summed E-state index contributed by atoms with van der Waals surface area (Å²) >= 11 is 0. The van der Waals surface area contributed by atoms with Crippen LogP contribution in [0.1, 0.15) is 42.2 Å². The number of aromatic nitrogens is 3. The van der Waals surface area contributed by atoms with Crippen molar-refractivity contribution >= 4 is 28.7 Å². The smallest absolute Gasteiger partial charge is 0.244 e. The van der Waals surface area contributed by atoms with Crippen molar-refractivity contribution in [3.63, 3.8) is 0 Å². The number of carbonyl (C=O) groups excluding carboxylic acids is 2. The van der Waals surface area contributed by atoms with Crippen LogP contribution in [0.4, 0.5) is 5.82 Å². The number of hydrogen-bond acceptors (Lipinski definition) is 9. The normalized spacial score (nSPS) is 28.0. The summed E-state index contributed by atoms with van der Waals surface area (Å²) < 4.78 is 5.76. The van der Waals surface area contributed by atoms with Gasteiger partial charge in [-0.2, -0.15) is 5.10 Å². The molecule has 3 fully saturated rings. The Morgan fingerprint density at radius 2 is 1.97 bits per heavy atom. The topological polar surface area (TPSA) is 150 Å². The number of benzene rings is 1. The van der Waals surface area contributed by atoms with Gasteiger partial charge < -0.3 is 15.6 Å². The van der Waals surface area contributed by atoms with Crippen LogP contribution in [-0.2, 0) is 27.4 Å². The average molecular weight is 518 g/mol. The molecule has 4 aliphatic heterocycles. The van der Waals surface area contributed by atoms with Gasteiger partial charge in [-0.25, -0.2) is 4.98 Å². The van der Waals surface area contributed by atoms with E-state index in [2.05, 4.69) is 26.5 Å². The third kappa shape index (κ3) is 4.06. The number of hydrogen-bond donors (Lipinski definition) is 4. The summed E-state index contributed by atoms with van der Waals surface area (Å²) in [5, 5.41) is 20.7. The van der Waals surface area contributed by atoms with E-state index in [1.54, 1.807) is 4.90 Å². The lowest BCUT2D eigenvalue weighted by Crippen LogP contribution is -2.51. The number of imide groups is 1. The quantitative estimate of drug-likeness (QED) is 0.376. The summed E-state index contributed by atoms with van der Waals surface area (Å²) in [4.78, 5) is 33.1. The predicted octanol–water partition coefficient (Wildman–Crippen LogP) is 1.29. The molecule has 11 heteroatoms. The van der Waals surface area contributed by atoms with Crippen LogP contribution in [0.5, 0.6) is 0 Å². The number of aliphatic hydroxyl groups excluding tert-OH is 1. The minimum absolute atomic E-state index is 0.267. The number of nitrogens with one attached hydrogen (secondary N) is 2. The highest BCUT2D eigenvalue weighted by Gasteiger charge is 2.40. The number of piperidine rings is 2. The second-order valence-electron chi connectivity index (χ2n) is 11.1. The molecule has 1 aromatic carbocycles. The molecule has 0 spiro atoms. The van der Waals surface area contributed by atoms with Gasteiger partial charge in [-0.1, -0.05) is 12.1 Å². The fourth-order valence-corrected chi connectivity index (χ4v) is 6.68. The summed E-state index contributed by atoms with van der Waals surface area (Å²) in [6.45, 7) is 4.86. The molecular weight excluding hydrogens is 486 g/mol. The number of carbonyl (C=O) groups is 2. The Labute approximate surface area is 219 Å².